The number of rotatable bonds is 46. The summed E-state index contributed by atoms with van der Waals surface area (Å²) >= 11 is 0. The summed E-state index contributed by atoms with van der Waals surface area (Å²) in [6.45, 7) is 35.2. The van der Waals surface area contributed by atoms with Crippen LogP contribution in [0.1, 0.15) is 493 Å². The zero-order valence-corrected chi connectivity index (χ0v) is 85.0. The maximum absolute atomic E-state index is 14.8. The van der Waals surface area contributed by atoms with Gasteiger partial charge in [0.1, 0.15) is 17.6 Å². The SMILES string of the molecule is CCCC1CCC(C2CCC(c3ccc(CC(C)CC)cc3)CC2)CC1.CCCCCCC(C)Oc1c(F)cc(C2CCC(C3CCC(CCC)CC3)CC2)cc1F.CCCCCCCCC(=O)O[C@H]1CC[C@@]2(C)C(=CC[C@@H]3C2CC[C@@]2(C)C3CC[C@@H]2C(C)CCCC(C)C)C1.CCCCCCOc1ccc(C(=O)Oc2ccc(C(=O)OC(C)CCCCCC)cc2)cc1. The van der Waals surface area contributed by atoms with Crippen molar-refractivity contribution in [1.29, 1.82) is 0 Å². The van der Waals surface area contributed by atoms with Gasteiger partial charge in [0.05, 0.1) is 29.9 Å². The largest absolute Gasteiger partial charge is 0.494 e. The lowest BCUT2D eigenvalue weighted by atomic mass is 9.47. The summed E-state index contributed by atoms with van der Waals surface area (Å²) in [5.74, 6) is 12.1. The number of benzene rings is 4. The number of fused-ring (bicyclic) bond motifs is 5. The Hall–Kier alpha value is -5.51. The Kier molecular flexibility index (Phi) is 47.7. The normalized spacial score (nSPS) is 26.9. The molecule has 8 aliphatic carbocycles. The van der Waals surface area contributed by atoms with E-state index >= 15 is 0 Å². The number of halogens is 2. The molecule has 129 heavy (non-hydrogen) atoms. The molecule has 6 unspecified atom stereocenters. The molecule has 0 spiro atoms. The van der Waals surface area contributed by atoms with E-state index in [1.165, 1.54) is 262 Å². The van der Waals surface area contributed by atoms with E-state index in [1.807, 2.05) is 13.8 Å². The lowest BCUT2D eigenvalue weighted by Gasteiger charge is -2.58. The smallest absolute Gasteiger partial charge is 0.343 e. The van der Waals surface area contributed by atoms with Gasteiger partial charge in [0.15, 0.2) is 17.4 Å². The van der Waals surface area contributed by atoms with Crippen molar-refractivity contribution in [1.82, 2.24) is 0 Å². The van der Waals surface area contributed by atoms with Crippen LogP contribution in [0.5, 0.6) is 17.2 Å². The molecule has 0 amide bonds. The van der Waals surface area contributed by atoms with E-state index < -0.39 is 17.6 Å². The van der Waals surface area contributed by atoms with Gasteiger partial charge in [-0.1, -0.05) is 293 Å². The third-order valence-electron chi connectivity index (χ3n) is 33.8. The van der Waals surface area contributed by atoms with Gasteiger partial charge in [-0.3, -0.25) is 4.79 Å². The van der Waals surface area contributed by atoms with Crippen LogP contribution in [0.15, 0.2) is 96.6 Å². The van der Waals surface area contributed by atoms with Crippen LogP contribution in [-0.4, -0.2) is 42.8 Å². The van der Waals surface area contributed by atoms with Crippen LogP contribution < -0.4 is 14.2 Å². The van der Waals surface area contributed by atoms with Gasteiger partial charge in [0.25, 0.3) is 0 Å². The van der Waals surface area contributed by atoms with Crippen LogP contribution in [0.25, 0.3) is 0 Å². The predicted molar refractivity (Wildman–Crippen MR) is 537 cm³/mol. The molecule has 0 bridgehead atoms. The van der Waals surface area contributed by atoms with E-state index in [1.54, 1.807) is 71.8 Å². The Morgan fingerprint density at radius 3 is 1.50 bits per heavy atom. The summed E-state index contributed by atoms with van der Waals surface area (Å²) in [6.07, 6.45) is 70.7. The summed E-state index contributed by atoms with van der Waals surface area (Å²) in [7, 11) is 0. The van der Waals surface area contributed by atoms with Gasteiger partial charge >= 0.3 is 17.9 Å². The van der Waals surface area contributed by atoms with Gasteiger partial charge in [-0.15, -0.1) is 0 Å². The van der Waals surface area contributed by atoms with Crippen LogP contribution in [0.4, 0.5) is 8.78 Å². The molecule has 0 aromatic heterocycles. The van der Waals surface area contributed by atoms with E-state index in [0.29, 0.717) is 40.7 Å². The second-order valence-electron chi connectivity index (χ2n) is 44.0. The first-order chi connectivity index (χ1) is 62.4. The first kappa shape index (κ1) is 107. The molecular weight excluding hydrogens is 1600 g/mol. The van der Waals surface area contributed by atoms with Crippen molar-refractivity contribution in [3.05, 3.63) is 136 Å². The zero-order valence-electron chi connectivity index (χ0n) is 85.0. The minimum Gasteiger partial charge on any atom is -0.494 e. The molecule has 12 rings (SSSR count). The number of unbranched alkanes of at least 4 members (excludes halogenated alkanes) is 14. The summed E-state index contributed by atoms with van der Waals surface area (Å²) in [5.41, 5.74) is 7.39. The highest BCUT2D eigenvalue weighted by Crippen LogP contribution is 2.68. The molecular formula is C119H188F2O8. The fourth-order valence-electron chi connectivity index (χ4n) is 25.5. The van der Waals surface area contributed by atoms with Gasteiger partial charge in [-0.25, -0.2) is 18.4 Å². The lowest BCUT2D eigenvalue weighted by Crippen LogP contribution is -2.51. The molecule has 0 saturated heterocycles. The maximum atomic E-state index is 14.8. The maximum Gasteiger partial charge on any atom is 0.343 e. The molecule has 0 N–H and O–H groups in total. The van der Waals surface area contributed by atoms with Gasteiger partial charge in [0.2, 0.25) is 0 Å². The van der Waals surface area contributed by atoms with E-state index in [9.17, 15) is 23.2 Å². The van der Waals surface area contributed by atoms with Crippen LogP contribution >= 0.6 is 0 Å². The van der Waals surface area contributed by atoms with Crippen molar-refractivity contribution in [3.63, 3.8) is 0 Å². The summed E-state index contributed by atoms with van der Waals surface area (Å²) in [6, 6.07) is 26.2. The van der Waals surface area contributed by atoms with Gasteiger partial charge in [0, 0.05) is 12.8 Å². The zero-order chi connectivity index (χ0) is 92.5. The molecule has 4 aromatic rings. The van der Waals surface area contributed by atoms with Crippen molar-refractivity contribution in [2.45, 2.75) is 481 Å². The highest BCUT2D eigenvalue weighted by atomic mass is 19.1. The third kappa shape index (κ3) is 34.4. The Balaban J connectivity index is 0.000000196. The van der Waals surface area contributed by atoms with Crippen molar-refractivity contribution < 1.29 is 46.8 Å². The number of esters is 3. The summed E-state index contributed by atoms with van der Waals surface area (Å²) in [4.78, 5) is 37.3. The summed E-state index contributed by atoms with van der Waals surface area (Å²) in [5, 5.41) is 0. The second-order valence-corrected chi connectivity index (χ2v) is 44.0. The predicted octanol–water partition coefficient (Wildman–Crippen LogP) is 35.8. The Morgan fingerprint density at radius 2 is 0.961 bits per heavy atom. The van der Waals surface area contributed by atoms with Crippen molar-refractivity contribution in [2.75, 3.05) is 6.61 Å². The number of hydrogen-bond acceptors (Lipinski definition) is 8. The Labute approximate surface area is 788 Å². The lowest BCUT2D eigenvalue weighted by molar-refractivity contribution is -0.151. The summed E-state index contributed by atoms with van der Waals surface area (Å²) < 4.78 is 57.9. The van der Waals surface area contributed by atoms with E-state index in [-0.39, 0.29) is 41.9 Å². The van der Waals surface area contributed by atoms with Crippen molar-refractivity contribution >= 4 is 17.9 Å². The average molecular weight is 1780 g/mol. The van der Waals surface area contributed by atoms with E-state index in [4.69, 9.17) is 23.7 Å². The van der Waals surface area contributed by atoms with Crippen LogP contribution in [-0.2, 0) is 20.7 Å². The van der Waals surface area contributed by atoms with Gasteiger partial charge in [-0.2, -0.15) is 0 Å². The highest BCUT2D eigenvalue weighted by molar-refractivity contribution is 5.92. The van der Waals surface area contributed by atoms with Gasteiger partial charge < -0.3 is 23.7 Å². The molecule has 726 valence electrons. The van der Waals surface area contributed by atoms with Crippen LogP contribution in [0.3, 0.4) is 0 Å². The first-order valence-corrected chi connectivity index (χ1v) is 54.8. The number of ether oxygens (including phenoxy) is 5. The Morgan fingerprint density at radius 1 is 0.457 bits per heavy atom. The number of hydrogen-bond donors (Lipinski definition) is 0. The molecule has 10 heteroatoms. The fourth-order valence-corrected chi connectivity index (χ4v) is 25.5. The Bertz CT molecular complexity index is 3750. The standard InChI is InChI=1S/C36H62O2.C29H46F2O.C28H38O5.C26H42/c1-7-8-9-10-11-12-16-34(37)38-29-21-23-35(5)28(25-29)17-18-30-32-20-19-31(27(4)15-13-14-26(2)3)36(32,6)24-22-33(30)35;1-4-6-7-8-10-21(3)32-29-27(30)19-26(20-28(29)31)25-17-15-24(16-18-25)23-13-11-22(9-5-2)12-14-23;1-4-6-8-10-12-22(3)32-27(29)23-15-19-26(20-16-23)33-28(30)24-13-17-25(18-14-24)31-21-11-9-7-5-2;1-4-6-21-7-11-23(12-8-21)25-15-17-26(18-16-25)24-13-9-22(10-14-24)19-20(3)5-2/h17,26-27,29-33H,7-16,18-25H2,1-6H3;19-25H,4-18H2,1-3H3;13-20,22H,4-12,21H2,1-3H3;9-10,13-14,20-21,23,25-26H,4-8,11-12,15-19H2,1-3H3/t27?,29-,30-,31+,32?,33?,35-,36+;;;/m0.../s1. The van der Waals surface area contributed by atoms with E-state index in [0.717, 1.165) is 178 Å². The molecule has 11 atom stereocenters. The molecule has 0 aliphatic heterocycles. The highest BCUT2D eigenvalue weighted by Gasteiger charge is 2.59. The van der Waals surface area contributed by atoms with Crippen LogP contribution in [0.2, 0.25) is 0 Å². The van der Waals surface area contributed by atoms with Crippen LogP contribution in [0, 0.1) is 99.4 Å². The minimum absolute atomic E-state index is 0.0522. The molecule has 7 fully saturated rings. The van der Waals surface area contributed by atoms with Crippen molar-refractivity contribution in [3.8, 4) is 17.2 Å². The molecule has 7 saturated carbocycles. The topological polar surface area (TPSA) is 97.4 Å². The third-order valence-corrected chi connectivity index (χ3v) is 33.8. The molecule has 0 heterocycles. The average Bonchev–Trinajstić information content (AvgIpc) is 1.35. The monoisotopic (exact) mass is 1780 g/mol. The van der Waals surface area contributed by atoms with Crippen molar-refractivity contribution in [2.24, 2.45) is 87.8 Å². The molecule has 8 nitrogen and oxygen atoms in total. The quantitative estimate of drug-likeness (QED) is 0.0187. The number of carbonyl (C=O) groups excluding carboxylic acids is 3. The molecule has 4 aromatic carbocycles. The second kappa shape index (κ2) is 57.4. The molecule has 8 aliphatic rings. The fraction of sp³-hybridized carbons (Fsp3) is 0.756. The minimum atomic E-state index is -0.531. The first-order valence-electron chi connectivity index (χ1n) is 54.8. The number of carbonyl (C=O) groups is 3. The molecule has 0 radical (unpaired) electrons. The van der Waals surface area contributed by atoms with E-state index in [2.05, 4.69) is 120 Å². The number of allylic oxidation sites excluding steroid dienone is 1. The van der Waals surface area contributed by atoms with Gasteiger partial charge in [-0.05, 0) is 358 Å².